The Labute approximate surface area is 75.4 Å². The number of aryl methyl sites for hydroxylation is 1. The molecule has 0 radical (unpaired) electrons. The van der Waals surface area contributed by atoms with E-state index < -0.39 is 0 Å². The van der Waals surface area contributed by atoms with Gasteiger partial charge in [-0.15, -0.1) is 0 Å². The topological polar surface area (TPSA) is 26.0 Å². The molecule has 2 heterocycles. The van der Waals surface area contributed by atoms with Gasteiger partial charge in [-0.05, 0) is 13.0 Å². The number of hydrogen-bond donors (Lipinski definition) is 0. The maximum atomic E-state index is 5.61. The summed E-state index contributed by atoms with van der Waals surface area (Å²) in [6.45, 7) is 6.27. The fourth-order valence-corrected chi connectivity index (χ4v) is 1.91. The van der Waals surface area contributed by atoms with E-state index in [1.807, 2.05) is 6.92 Å². The first kappa shape index (κ1) is 7.80. The van der Waals surface area contributed by atoms with Gasteiger partial charge in [-0.3, -0.25) is 0 Å². The second-order valence-electron chi connectivity index (χ2n) is 3.27. The molecule has 0 bridgehead atoms. The van der Waals surface area contributed by atoms with Crippen LogP contribution in [-0.4, -0.2) is 4.37 Å². The Bertz CT molecular complexity index is 399. The maximum absolute atomic E-state index is 5.61. The molecule has 0 unspecified atom stereocenters. The zero-order valence-corrected chi connectivity index (χ0v) is 8.23. The predicted octanol–water partition coefficient (Wildman–Crippen LogP) is 3.32. The number of nitrogens with zero attached hydrogens (tertiary/aromatic N) is 1. The molecular formula is C9H11NOS. The molecule has 0 amide bonds. The van der Waals surface area contributed by atoms with Crippen LogP contribution in [0.1, 0.15) is 31.2 Å². The molecule has 12 heavy (non-hydrogen) atoms. The number of hydrogen-bond acceptors (Lipinski definition) is 3. The standard InChI is InChI=1S/C9H11NOS/c1-5(2)8-4-7-6(3)10-12-9(7)11-8/h4-5H,1-3H3. The molecule has 0 spiro atoms. The van der Waals surface area contributed by atoms with E-state index in [2.05, 4.69) is 24.3 Å². The van der Waals surface area contributed by atoms with Gasteiger partial charge >= 0.3 is 0 Å². The molecule has 0 aliphatic rings. The van der Waals surface area contributed by atoms with E-state index in [1.54, 1.807) is 0 Å². The molecule has 0 aromatic carbocycles. The lowest BCUT2D eigenvalue weighted by atomic mass is 10.1. The van der Waals surface area contributed by atoms with Gasteiger partial charge in [-0.2, -0.15) is 4.37 Å². The van der Waals surface area contributed by atoms with E-state index in [0.717, 1.165) is 16.4 Å². The minimum Gasteiger partial charge on any atom is -0.449 e. The third-order valence-electron chi connectivity index (χ3n) is 1.94. The predicted molar refractivity (Wildman–Crippen MR) is 50.7 cm³/mol. The molecule has 64 valence electrons. The molecule has 0 saturated heterocycles. The van der Waals surface area contributed by atoms with Crippen molar-refractivity contribution in [1.29, 1.82) is 0 Å². The molecule has 3 heteroatoms. The Kier molecular flexibility index (Phi) is 1.68. The molecular weight excluding hydrogens is 170 g/mol. The van der Waals surface area contributed by atoms with Gasteiger partial charge in [0.25, 0.3) is 0 Å². The van der Waals surface area contributed by atoms with E-state index in [-0.39, 0.29) is 0 Å². The van der Waals surface area contributed by atoms with E-state index in [0.29, 0.717) is 5.92 Å². The maximum Gasteiger partial charge on any atom is 0.207 e. The zero-order valence-electron chi connectivity index (χ0n) is 7.42. The van der Waals surface area contributed by atoms with Crippen LogP contribution in [0.25, 0.3) is 10.3 Å². The number of furan rings is 1. The molecule has 0 fully saturated rings. The molecule has 0 aliphatic heterocycles. The molecule has 0 atom stereocenters. The molecule has 2 rings (SSSR count). The van der Waals surface area contributed by atoms with Crippen LogP contribution in [0, 0.1) is 6.92 Å². The first-order chi connectivity index (χ1) is 5.68. The van der Waals surface area contributed by atoms with Crippen LogP contribution in [0.15, 0.2) is 10.5 Å². The molecule has 2 nitrogen and oxygen atoms in total. The quantitative estimate of drug-likeness (QED) is 0.674. The van der Waals surface area contributed by atoms with Crippen molar-refractivity contribution in [2.45, 2.75) is 26.7 Å². The van der Waals surface area contributed by atoms with Crippen molar-refractivity contribution >= 4 is 21.8 Å². The van der Waals surface area contributed by atoms with E-state index in [1.165, 1.54) is 16.9 Å². The second-order valence-corrected chi connectivity index (χ2v) is 4.01. The summed E-state index contributed by atoms with van der Waals surface area (Å²) >= 11 is 1.44. The van der Waals surface area contributed by atoms with Gasteiger partial charge in [0.1, 0.15) is 5.76 Å². The molecule has 0 N–H and O–H groups in total. The highest BCUT2D eigenvalue weighted by molar-refractivity contribution is 7.12. The minimum absolute atomic E-state index is 0.462. The Morgan fingerprint density at radius 2 is 2.25 bits per heavy atom. The summed E-state index contributed by atoms with van der Waals surface area (Å²) < 4.78 is 9.81. The molecule has 0 saturated carbocycles. The SMILES string of the molecule is Cc1nsc2oc(C(C)C)cc12. The zero-order chi connectivity index (χ0) is 8.72. The van der Waals surface area contributed by atoms with E-state index >= 15 is 0 Å². The van der Waals surface area contributed by atoms with Crippen molar-refractivity contribution in [2.75, 3.05) is 0 Å². The lowest BCUT2D eigenvalue weighted by Gasteiger charge is -1.95. The third-order valence-corrected chi connectivity index (χ3v) is 2.78. The van der Waals surface area contributed by atoms with Crippen molar-refractivity contribution in [1.82, 2.24) is 4.37 Å². The summed E-state index contributed by atoms with van der Waals surface area (Å²) in [7, 11) is 0. The lowest BCUT2D eigenvalue weighted by Crippen LogP contribution is -1.80. The largest absolute Gasteiger partial charge is 0.449 e. The Balaban J connectivity index is 2.63. The monoisotopic (exact) mass is 181 g/mol. The van der Waals surface area contributed by atoms with Crippen molar-refractivity contribution in [3.63, 3.8) is 0 Å². The Hall–Kier alpha value is -0.830. The Morgan fingerprint density at radius 3 is 2.83 bits per heavy atom. The fraction of sp³-hybridized carbons (Fsp3) is 0.444. The summed E-state index contributed by atoms with van der Waals surface area (Å²) in [6, 6.07) is 2.10. The van der Waals surface area contributed by atoms with Crippen LogP contribution < -0.4 is 0 Å². The van der Waals surface area contributed by atoms with Crippen molar-refractivity contribution in [2.24, 2.45) is 0 Å². The first-order valence-corrected chi connectivity index (χ1v) is 4.81. The molecule has 0 aliphatic carbocycles. The van der Waals surface area contributed by atoms with Gasteiger partial charge in [0, 0.05) is 17.5 Å². The first-order valence-electron chi connectivity index (χ1n) is 4.04. The van der Waals surface area contributed by atoms with Crippen molar-refractivity contribution in [3.8, 4) is 0 Å². The normalized spacial score (nSPS) is 11.7. The summed E-state index contributed by atoms with van der Waals surface area (Å²) in [5.41, 5.74) is 1.07. The highest BCUT2D eigenvalue weighted by atomic mass is 32.1. The van der Waals surface area contributed by atoms with Crippen LogP contribution in [0.3, 0.4) is 0 Å². The highest BCUT2D eigenvalue weighted by Gasteiger charge is 2.10. The van der Waals surface area contributed by atoms with Crippen LogP contribution in [0.2, 0.25) is 0 Å². The fourth-order valence-electron chi connectivity index (χ4n) is 1.16. The second kappa shape index (κ2) is 2.59. The molecule has 2 aromatic rings. The minimum atomic E-state index is 0.462. The van der Waals surface area contributed by atoms with Crippen LogP contribution in [0.5, 0.6) is 0 Å². The third kappa shape index (κ3) is 1.05. The van der Waals surface area contributed by atoms with Crippen molar-refractivity contribution in [3.05, 3.63) is 17.5 Å². The summed E-state index contributed by atoms with van der Waals surface area (Å²) in [6.07, 6.45) is 0. The number of rotatable bonds is 1. The van der Waals surface area contributed by atoms with Crippen LogP contribution >= 0.6 is 11.5 Å². The average molecular weight is 181 g/mol. The average Bonchev–Trinajstić information content (AvgIpc) is 2.53. The molecule has 2 aromatic heterocycles. The van der Waals surface area contributed by atoms with Gasteiger partial charge < -0.3 is 4.42 Å². The van der Waals surface area contributed by atoms with Gasteiger partial charge in [-0.1, -0.05) is 13.8 Å². The van der Waals surface area contributed by atoms with Gasteiger partial charge in [0.05, 0.1) is 11.1 Å². The Morgan fingerprint density at radius 1 is 1.50 bits per heavy atom. The van der Waals surface area contributed by atoms with E-state index in [4.69, 9.17) is 4.42 Å². The smallest absolute Gasteiger partial charge is 0.207 e. The summed E-state index contributed by atoms with van der Waals surface area (Å²) in [5, 5.41) is 1.17. The summed E-state index contributed by atoms with van der Waals surface area (Å²) in [4.78, 5) is 0.955. The number of aromatic nitrogens is 1. The van der Waals surface area contributed by atoms with Gasteiger partial charge in [0.2, 0.25) is 4.90 Å². The number of fused-ring (bicyclic) bond motifs is 1. The lowest BCUT2D eigenvalue weighted by molar-refractivity contribution is 0.527. The van der Waals surface area contributed by atoms with Gasteiger partial charge in [-0.25, -0.2) is 0 Å². The highest BCUT2D eigenvalue weighted by Crippen LogP contribution is 2.29. The van der Waals surface area contributed by atoms with Crippen molar-refractivity contribution < 1.29 is 4.42 Å². The van der Waals surface area contributed by atoms with E-state index in [9.17, 15) is 0 Å². The van der Waals surface area contributed by atoms with Gasteiger partial charge in [0.15, 0.2) is 0 Å². The van der Waals surface area contributed by atoms with Crippen LogP contribution in [0.4, 0.5) is 0 Å². The summed E-state index contributed by atoms with van der Waals surface area (Å²) in [5.74, 6) is 1.52. The van der Waals surface area contributed by atoms with Crippen LogP contribution in [-0.2, 0) is 0 Å².